The molecular formula is C21H26ClN3O2S. The van der Waals surface area contributed by atoms with Crippen LogP contribution in [0.3, 0.4) is 0 Å². The van der Waals surface area contributed by atoms with Gasteiger partial charge in [0, 0.05) is 36.1 Å². The number of hydrogen-bond acceptors (Lipinski definition) is 4. The maximum atomic E-state index is 12.6. The van der Waals surface area contributed by atoms with E-state index in [-0.39, 0.29) is 23.8 Å². The fourth-order valence-corrected chi connectivity index (χ4v) is 4.36. The number of thiophene rings is 1. The first-order valence-corrected chi connectivity index (χ1v) is 10.8. The van der Waals surface area contributed by atoms with E-state index < -0.39 is 0 Å². The molecule has 3 rings (SSSR count). The molecular weight excluding hydrogens is 394 g/mol. The topological polar surface area (TPSA) is 52.7 Å². The van der Waals surface area contributed by atoms with Crippen molar-refractivity contribution < 1.29 is 9.59 Å². The van der Waals surface area contributed by atoms with Crippen LogP contribution in [0.2, 0.25) is 5.02 Å². The molecule has 28 heavy (non-hydrogen) atoms. The molecule has 5 nitrogen and oxygen atoms in total. The van der Waals surface area contributed by atoms with Crippen molar-refractivity contribution in [3.05, 3.63) is 57.2 Å². The Morgan fingerprint density at radius 1 is 1.21 bits per heavy atom. The molecule has 0 spiro atoms. The highest BCUT2D eigenvalue weighted by atomic mass is 35.5. The number of hydrogen-bond donors (Lipinski definition) is 1. The minimum absolute atomic E-state index is 0.000606. The molecule has 1 fully saturated rings. The number of carbonyl (C=O) groups excluding carboxylic acids is 2. The number of benzene rings is 1. The van der Waals surface area contributed by atoms with Crippen LogP contribution in [0.5, 0.6) is 0 Å². The predicted octanol–water partition coefficient (Wildman–Crippen LogP) is 3.67. The number of likely N-dealkylation sites (N-methyl/N-ethyl adjacent to an activating group) is 1. The van der Waals surface area contributed by atoms with Crippen LogP contribution in [0.1, 0.15) is 34.8 Å². The second-order valence-corrected chi connectivity index (χ2v) is 8.57. The Morgan fingerprint density at radius 2 is 1.89 bits per heavy atom. The van der Waals surface area contributed by atoms with Gasteiger partial charge in [-0.15, -0.1) is 0 Å². The second-order valence-electron chi connectivity index (χ2n) is 7.35. The van der Waals surface area contributed by atoms with Gasteiger partial charge in [0.15, 0.2) is 0 Å². The molecule has 1 aliphatic rings. The minimum Gasteiger partial charge on any atom is -0.354 e. The Kier molecular flexibility index (Phi) is 7.10. The van der Waals surface area contributed by atoms with Crippen molar-refractivity contribution in [3.63, 3.8) is 0 Å². The molecule has 1 aliphatic heterocycles. The second kappa shape index (κ2) is 9.54. The van der Waals surface area contributed by atoms with Gasteiger partial charge in [-0.3, -0.25) is 9.59 Å². The molecule has 2 amide bonds. The van der Waals surface area contributed by atoms with E-state index >= 15 is 0 Å². The summed E-state index contributed by atoms with van der Waals surface area (Å²) in [6, 6.07) is 9.21. The average molecular weight is 420 g/mol. The van der Waals surface area contributed by atoms with Crippen LogP contribution >= 0.6 is 22.9 Å². The minimum atomic E-state index is -0.0421. The van der Waals surface area contributed by atoms with E-state index in [1.54, 1.807) is 35.6 Å². The molecule has 0 bridgehead atoms. The summed E-state index contributed by atoms with van der Waals surface area (Å²) in [6.07, 6.45) is 1.38. The number of nitrogens with zero attached hydrogens (tertiary/aromatic N) is 2. The van der Waals surface area contributed by atoms with Crippen molar-refractivity contribution >= 4 is 34.8 Å². The molecule has 2 heterocycles. The van der Waals surface area contributed by atoms with Crippen molar-refractivity contribution in [2.45, 2.75) is 18.9 Å². The highest BCUT2D eigenvalue weighted by molar-refractivity contribution is 7.08. The van der Waals surface area contributed by atoms with Crippen molar-refractivity contribution in [3.8, 4) is 0 Å². The van der Waals surface area contributed by atoms with Crippen LogP contribution < -0.4 is 5.32 Å². The van der Waals surface area contributed by atoms with Crippen molar-refractivity contribution in [1.82, 2.24) is 15.1 Å². The zero-order valence-electron chi connectivity index (χ0n) is 16.2. The molecule has 1 atom stereocenters. The molecule has 1 saturated heterocycles. The van der Waals surface area contributed by atoms with Gasteiger partial charge in [0.1, 0.15) is 0 Å². The molecule has 1 aromatic carbocycles. The van der Waals surface area contributed by atoms with Crippen LogP contribution in [-0.4, -0.2) is 55.3 Å². The highest BCUT2D eigenvalue weighted by Gasteiger charge is 2.28. The number of piperidine rings is 1. The quantitative estimate of drug-likeness (QED) is 0.777. The normalized spacial score (nSPS) is 16.2. The van der Waals surface area contributed by atoms with E-state index in [9.17, 15) is 9.59 Å². The van der Waals surface area contributed by atoms with Gasteiger partial charge in [-0.25, -0.2) is 0 Å². The lowest BCUT2D eigenvalue weighted by Crippen LogP contribution is -2.44. The molecule has 0 radical (unpaired) electrons. The van der Waals surface area contributed by atoms with Gasteiger partial charge >= 0.3 is 0 Å². The summed E-state index contributed by atoms with van der Waals surface area (Å²) in [5.74, 6) is 0.0425. The third kappa shape index (κ3) is 5.13. The Bertz CT molecular complexity index is 784. The zero-order chi connectivity index (χ0) is 20.1. The highest BCUT2D eigenvalue weighted by Crippen LogP contribution is 2.22. The summed E-state index contributed by atoms with van der Waals surface area (Å²) >= 11 is 7.55. The lowest BCUT2D eigenvalue weighted by Gasteiger charge is -2.32. The number of carbonyl (C=O) groups is 2. The van der Waals surface area contributed by atoms with Crippen LogP contribution in [0.25, 0.3) is 0 Å². The van der Waals surface area contributed by atoms with E-state index in [2.05, 4.69) is 27.0 Å². The average Bonchev–Trinajstić information content (AvgIpc) is 3.22. The van der Waals surface area contributed by atoms with Gasteiger partial charge in [0.25, 0.3) is 5.91 Å². The van der Waals surface area contributed by atoms with Gasteiger partial charge in [0.05, 0.1) is 6.04 Å². The molecule has 2 aromatic rings. The maximum Gasteiger partial charge on any atom is 0.253 e. The Morgan fingerprint density at radius 3 is 2.46 bits per heavy atom. The summed E-state index contributed by atoms with van der Waals surface area (Å²) < 4.78 is 0. The van der Waals surface area contributed by atoms with Gasteiger partial charge in [-0.1, -0.05) is 11.6 Å². The predicted molar refractivity (Wildman–Crippen MR) is 114 cm³/mol. The van der Waals surface area contributed by atoms with Crippen molar-refractivity contribution in [2.75, 3.05) is 33.7 Å². The standard InChI is InChI=1S/C21H26ClN3O2S/c1-24(2)19(17-9-12-28-14-17)13-23-20(26)15-7-10-25(11-8-15)21(27)16-3-5-18(22)6-4-16/h3-6,9,12,14-15,19H,7-8,10-11,13H2,1-2H3,(H,23,26). The fourth-order valence-electron chi connectivity index (χ4n) is 3.52. The summed E-state index contributed by atoms with van der Waals surface area (Å²) in [5.41, 5.74) is 1.86. The fraction of sp³-hybridized carbons (Fsp3) is 0.429. The molecule has 0 saturated carbocycles. The lowest BCUT2D eigenvalue weighted by atomic mass is 9.95. The Labute approximate surface area is 175 Å². The number of likely N-dealkylation sites (tertiary alicyclic amines) is 1. The maximum absolute atomic E-state index is 12.6. The van der Waals surface area contributed by atoms with Gasteiger partial charge in [-0.05, 0) is 73.6 Å². The first-order chi connectivity index (χ1) is 13.5. The summed E-state index contributed by atoms with van der Waals surface area (Å²) in [5, 5.41) is 7.91. The van der Waals surface area contributed by atoms with E-state index in [1.807, 2.05) is 19.0 Å². The summed E-state index contributed by atoms with van der Waals surface area (Å²) in [4.78, 5) is 29.2. The monoisotopic (exact) mass is 419 g/mol. The Hall–Kier alpha value is -1.89. The van der Waals surface area contributed by atoms with E-state index in [1.165, 1.54) is 5.56 Å². The summed E-state index contributed by atoms with van der Waals surface area (Å²) in [6.45, 7) is 1.79. The van der Waals surface area contributed by atoms with E-state index in [0.29, 0.717) is 43.1 Å². The SMILES string of the molecule is CN(C)C(CNC(=O)C1CCN(C(=O)c2ccc(Cl)cc2)CC1)c1ccsc1. The third-order valence-electron chi connectivity index (χ3n) is 5.27. The lowest BCUT2D eigenvalue weighted by molar-refractivity contribution is -0.126. The molecule has 150 valence electrons. The first kappa shape index (κ1) is 20.8. The smallest absolute Gasteiger partial charge is 0.253 e. The molecule has 0 aliphatic carbocycles. The van der Waals surface area contributed by atoms with Gasteiger partial charge < -0.3 is 15.1 Å². The van der Waals surface area contributed by atoms with Gasteiger partial charge in [-0.2, -0.15) is 11.3 Å². The van der Waals surface area contributed by atoms with Crippen molar-refractivity contribution in [2.24, 2.45) is 5.92 Å². The van der Waals surface area contributed by atoms with E-state index in [0.717, 1.165) is 0 Å². The number of halogens is 1. The van der Waals surface area contributed by atoms with Gasteiger partial charge in [0.2, 0.25) is 5.91 Å². The van der Waals surface area contributed by atoms with E-state index in [4.69, 9.17) is 11.6 Å². The Balaban J connectivity index is 1.49. The first-order valence-electron chi connectivity index (χ1n) is 9.47. The van der Waals surface area contributed by atoms with Crippen LogP contribution in [-0.2, 0) is 4.79 Å². The third-order valence-corrected chi connectivity index (χ3v) is 6.22. The molecule has 1 unspecified atom stereocenters. The zero-order valence-corrected chi connectivity index (χ0v) is 17.8. The molecule has 1 N–H and O–H groups in total. The summed E-state index contributed by atoms with van der Waals surface area (Å²) in [7, 11) is 4.05. The number of nitrogens with one attached hydrogen (secondary N) is 1. The molecule has 7 heteroatoms. The molecule has 1 aromatic heterocycles. The largest absolute Gasteiger partial charge is 0.354 e. The number of rotatable bonds is 6. The van der Waals surface area contributed by atoms with Crippen LogP contribution in [0.4, 0.5) is 0 Å². The van der Waals surface area contributed by atoms with Crippen LogP contribution in [0, 0.1) is 5.92 Å². The number of amides is 2. The van der Waals surface area contributed by atoms with Crippen LogP contribution in [0.15, 0.2) is 41.1 Å². The van der Waals surface area contributed by atoms with Crippen molar-refractivity contribution in [1.29, 1.82) is 0 Å².